The van der Waals surface area contributed by atoms with Crippen molar-refractivity contribution in [2.24, 2.45) is 0 Å². The molecule has 1 aromatic carbocycles. The first kappa shape index (κ1) is 16.6. The average Bonchev–Trinajstić information content (AvgIpc) is 2.94. The molecule has 4 nitrogen and oxygen atoms in total. The Morgan fingerprint density at radius 1 is 1.23 bits per heavy atom. The van der Waals surface area contributed by atoms with Crippen molar-refractivity contribution in [1.82, 2.24) is 10.3 Å². The van der Waals surface area contributed by atoms with Crippen molar-refractivity contribution in [1.29, 1.82) is 0 Å². The molecule has 2 rings (SSSR count). The van der Waals surface area contributed by atoms with E-state index in [-0.39, 0.29) is 18.0 Å². The zero-order valence-corrected chi connectivity index (χ0v) is 14.3. The van der Waals surface area contributed by atoms with Gasteiger partial charge in [-0.05, 0) is 38.5 Å². The number of aromatic nitrogens is 1. The summed E-state index contributed by atoms with van der Waals surface area (Å²) in [6, 6.07) is 8.49. The first-order valence-electron chi connectivity index (χ1n) is 7.57. The molecule has 2 aromatic rings. The second-order valence-electron chi connectivity index (χ2n) is 5.42. The second kappa shape index (κ2) is 7.51. The van der Waals surface area contributed by atoms with Crippen LogP contribution in [0.5, 0.6) is 0 Å². The minimum atomic E-state index is 0.0353. The number of carbonyl (C=O) groups is 1. The number of rotatable bonds is 6. The average molecular weight is 317 g/mol. The fourth-order valence-corrected chi connectivity index (χ4v) is 3.03. The normalized spacial score (nSPS) is 13.6. The van der Waals surface area contributed by atoms with Crippen LogP contribution in [0.3, 0.4) is 0 Å². The molecular formula is C17H23N3OS. The van der Waals surface area contributed by atoms with E-state index in [0.29, 0.717) is 6.42 Å². The predicted octanol–water partition coefficient (Wildman–Crippen LogP) is 4.21. The summed E-state index contributed by atoms with van der Waals surface area (Å²) in [4.78, 5) is 16.9. The Kier molecular flexibility index (Phi) is 5.69. The monoisotopic (exact) mass is 317 g/mol. The molecule has 1 aromatic heterocycles. The molecule has 0 aliphatic rings. The molecule has 0 saturated heterocycles. The molecule has 2 atom stereocenters. The van der Waals surface area contributed by atoms with Gasteiger partial charge >= 0.3 is 0 Å². The van der Waals surface area contributed by atoms with E-state index >= 15 is 0 Å². The van der Waals surface area contributed by atoms with Crippen molar-refractivity contribution in [2.45, 2.75) is 46.2 Å². The number of aryl methyl sites for hydroxylation is 1. The van der Waals surface area contributed by atoms with E-state index in [0.717, 1.165) is 10.7 Å². The number of hydrogen-bond acceptors (Lipinski definition) is 4. The van der Waals surface area contributed by atoms with Crippen molar-refractivity contribution < 1.29 is 4.79 Å². The molecule has 5 heteroatoms. The SMILES string of the molecule is CCC(=O)Nc1ccc([C@@H](C)N[C@@H](C)c2cnc(C)s2)cc1. The van der Waals surface area contributed by atoms with Crippen molar-refractivity contribution in [3.8, 4) is 0 Å². The summed E-state index contributed by atoms with van der Waals surface area (Å²) in [5.74, 6) is 0.0353. The lowest BCUT2D eigenvalue weighted by molar-refractivity contribution is -0.115. The highest BCUT2D eigenvalue weighted by Gasteiger charge is 2.13. The second-order valence-corrected chi connectivity index (χ2v) is 6.68. The van der Waals surface area contributed by atoms with Crippen molar-refractivity contribution >= 4 is 22.9 Å². The molecule has 2 N–H and O–H groups in total. The van der Waals surface area contributed by atoms with Gasteiger partial charge in [-0.1, -0.05) is 19.1 Å². The van der Waals surface area contributed by atoms with Gasteiger partial charge in [0, 0.05) is 35.3 Å². The Bertz CT molecular complexity index is 621. The van der Waals surface area contributed by atoms with Gasteiger partial charge < -0.3 is 10.6 Å². The van der Waals surface area contributed by atoms with Crippen LogP contribution in [0.1, 0.15) is 54.7 Å². The zero-order chi connectivity index (χ0) is 16.1. The van der Waals surface area contributed by atoms with Crippen molar-refractivity contribution in [2.75, 3.05) is 5.32 Å². The molecule has 1 amide bonds. The number of thiazole rings is 1. The number of nitrogens with zero attached hydrogens (tertiary/aromatic N) is 1. The van der Waals surface area contributed by atoms with Crippen LogP contribution in [0.2, 0.25) is 0 Å². The summed E-state index contributed by atoms with van der Waals surface area (Å²) in [5, 5.41) is 7.53. The predicted molar refractivity (Wildman–Crippen MR) is 92.2 cm³/mol. The maximum atomic E-state index is 11.4. The van der Waals surface area contributed by atoms with Gasteiger partial charge in [-0.3, -0.25) is 4.79 Å². The van der Waals surface area contributed by atoms with Crippen LogP contribution in [0.4, 0.5) is 5.69 Å². The lowest BCUT2D eigenvalue weighted by Crippen LogP contribution is -2.21. The van der Waals surface area contributed by atoms with E-state index in [2.05, 4.69) is 29.5 Å². The van der Waals surface area contributed by atoms with E-state index in [4.69, 9.17) is 0 Å². The third-order valence-corrected chi connectivity index (χ3v) is 4.68. The first-order valence-corrected chi connectivity index (χ1v) is 8.39. The Hall–Kier alpha value is -1.72. The minimum absolute atomic E-state index is 0.0353. The number of carbonyl (C=O) groups excluding carboxylic acids is 1. The molecule has 0 radical (unpaired) electrons. The summed E-state index contributed by atoms with van der Waals surface area (Å²) in [6.45, 7) is 8.16. The van der Waals surface area contributed by atoms with Gasteiger partial charge in [0.25, 0.3) is 0 Å². The molecule has 0 fully saturated rings. The van der Waals surface area contributed by atoms with Gasteiger partial charge in [-0.2, -0.15) is 0 Å². The number of benzene rings is 1. The fourth-order valence-electron chi connectivity index (χ4n) is 2.24. The number of anilines is 1. The van der Waals surface area contributed by atoms with Crippen molar-refractivity contribution in [3.05, 3.63) is 45.9 Å². The lowest BCUT2D eigenvalue weighted by Gasteiger charge is -2.19. The number of hydrogen-bond donors (Lipinski definition) is 2. The standard InChI is InChI=1S/C17H23N3OS/c1-5-17(21)20-15-8-6-14(7-9-15)11(2)19-12(3)16-10-18-13(4)22-16/h6-12,19H,5H2,1-4H3,(H,20,21)/t11-,12+/m1/s1. The molecule has 118 valence electrons. The van der Waals surface area contributed by atoms with Gasteiger partial charge in [0.1, 0.15) is 0 Å². The number of amides is 1. The molecular weight excluding hydrogens is 294 g/mol. The van der Waals surface area contributed by atoms with Gasteiger partial charge in [-0.15, -0.1) is 11.3 Å². The van der Waals surface area contributed by atoms with E-state index in [9.17, 15) is 4.79 Å². The van der Waals surface area contributed by atoms with Gasteiger partial charge in [0.15, 0.2) is 0 Å². The topological polar surface area (TPSA) is 54.0 Å². The summed E-state index contributed by atoms with van der Waals surface area (Å²) in [6.07, 6.45) is 2.43. The molecule has 0 aliphatic heterocycles. The van der Waals surface area contributed by atoms with Crippen LogP contribution in [-0.4, -0.2) is 10.9 Å². The van der Waals surface area contributed by atoms with Crippen LogP contribution in [0.25, 0.3) is 0 Å². The molecule has 0 bridgehead atoms. The highest BCUT2D eigenvalue weighted by Crippen LogP contribution is 2.24. The van der Waals surface area contributed by atoms with Crippen LogP contribution in [0, 0.1) is 6.92 Å². The Balaban J connectivity index is 1.97. The van der Waals surface area contributed by atoms with Crippen LogP contribution in [0.15, 0.2) is 30.5 Å². The molecule has 0 unspecified atom stereocenters. The Labute approximate surface area is 136 Å². The molecule has 0 spiro atoms. The summed E-state index contributed by atoms with van der Waals surface area (Å²) in [5.41, 5.74) is 2.04. The van der Waals surface area contributed by atoms with E-state index in [1.807, 2.05) is 44.3 Å². The molecule has 1 heterocycles. The van der Waals surface area contributed by atoms with E-state index < -0.39 is 0 Å². The highest BCUT2D eigenvalue weighted by atomic mass is 32.1. The Morgan fingerprint density at radius 3 is 2.45 bits per heavy atom. The summed E-state index contributed by atoms with van der Waals surface area (Å²) < 4.78 is 0. The smallest absolute Gasteiger partial charge is 0.224 e. The maximum absolute atomic E-state index is 11.4. The Morgan fingerprint density at radius 2 is 1.91 bits per heavy atom. The summed E-state index contributed by atoms with van der Waals surface area (Å²) >= 11 is 1.72. The van der Waals surface area contributed by atoms with Crippen LogP contribution < -0.4 is 10.6 Å². The zero-order valence-electron chi connectivity index (χ0n) is 13.5. The summed E-state index contributed by atoms with van der Waals surface area (Å²) in [7, 11) is 0. The molecule has 22 heavy (non-hydrogen) atoms. The van der Waals surface area contributed by atoms with E-state index in [1.165, 1.54) is 10.4 Å². The quantitative estimate of drug-likeness (QED) is 0.839. The first-order chi connectivity index (χ1) is 10.5. The third kappa shape index (κ3) is 4.39. The van der Waals surface area contributed by atoms with Gasteiger partial charge in [-0.25, -0.2) is 4.98 Å². The van der Waals surface area contributed by atoms with Gasteiger partial charge in [0.05, 0.1) is 5.01 Å². The number of nitrogens with one attached hydrogen (secondary N) is 2. The molecule has 0 aliphatic carbocycles. The largest absolute Gasteiger partial charge is 0.326 e. The van der Waals surface area contributed by atoms with Crippen LogP contribution >= 0.6 is 11.3 Å². The molecule has 0 saturated carbocycles. The lowest BCUT2D eigenvalue weighted by atomic mass is 10.1. The van der Waals surface area contributed by atoms with Crippen LogP contribution in [-0.2, 0) is 4.79 Å². The maximum Gasteiger partial charge on any atom is 0.224 e. The fraction of sp³-hybridized carbons (Fsp3) is 0.412. The third-order valence-electron chi connectivity index (χ3n) is 3.58. The van der Waals surface area contributed by atoms with Gasteiger partial charge in [0.2, 0.25) is 5.91 Å². The minimum Gasteiger partial charge on any atom is -0.326 e. The highest BCUT2D eigenvalue weighted by molar-refractivity contribution is 7.11. The van der Waals surface area contributed by atoms with Crippen molar-refractivity contribution in [3.63, 3.8) is 0 Å². The van der Waals surface area contributed by atoms with E-state index in [1.54, 1.807) is 11.3 Å².